The maximum absolute atomic E-state index is 11.3. The highest BCUT2D eigenvalue weighted by Gasteiger charge is 2.47. The van der Waals surface area contributed by atoms with E-state index < -0.39 is 0 Å². The molecule has 1 saturated carbocycles. The average molecular weight is 166 g/mol. The second-order valence-corrected chi connectivity index (χ2v) is 3.28. The first-order chi connectivity index (χ1) is 5.74. The van der Waals surface area contributed by atoms with Gasteiger partial charge in [-0.05, 0) is 6.42 Å². The summed E-state index contributed by atoms with van der Waals surface area (Å²) in [5.74, 6) is -0.482. The van der Waals surface area contributed by atoms with Crippen LogP contribution < -0.4 is 0 Å². The molecule has 2 bridgehead atoms. The zero-order chi connectivity index (χ0) is 8.72. The quantitative estimate of drug-likeness (QED) is 0.422. The molecular formula is C9H10O3. The molecule has 2 aliphatic rings. The summed E-state index contributed by atoms with van der Waals surface area (Å²) in [4.78, 5) is 22.5. The summed E-state index contributed by atoms with van der Waals surface area (Å²) < 4.78 is 4.61. The van der Waals surface area contributed by atoms with E-state index in [1.165, 1.54) is 7.11 Å². The molecule has 0 heterocycles. The van der Waals surface area contributed by atoms with Gasteiger partial charge in [0.2, 0.25) is 0 Å². The van der Waals surface area contributed by atoms with Crippen molar-refractivity contribution in [3.8, 4) is 0 Å². The second kappa shape index (κ2) is 2.44. The average Bonchev–Trinajstić information content (AvgIpc) is 2.60. The van der Waals surface area contributed by atoms with E-state index in [2.05, 4.69) is 4.74 Å². The zero-order valence-corrected chi connectivity index (χ0v) is 6.82. The molecule has 2 aliphatic carbocycles. The fraction of sp³-hybridized carbons (Fsp3) is 0.556. The van der Waals surface area contributed by atoms with Crippen LogP contribution in [-0.2, 0) is 14.3 Å². The number of Topliss-reactive ketones (excluding diaryl/α,β-unsaturated/α-hetero) is 1. The first-order valence-electron chi connectivity index (χ1n) is 4.04. The smallest absolute Gasteiger partial charge is 0.309 e. The minimum absolute atomic E-state index is 0.0147. The van der Waals surface area contributed by atoms with Gasteiger partial charge in [-0.3, -0.25) is 9.59 Å². The molecule has 0 aromatic carbocycles. The van der Waals surface area contributed by atoms with Crippen molar-refractivity contribution in [3.05, 3.63) is 12.2 Å². The van der Waals surface area contributed by atoms with E-state index in [9.17, 15) is 9.59 Å². The third kappa shape index (κ3) is 0.823. The van der Waals surface area contributed by atoms with Crippen molar-refractivity contribution in [2.24, 2.45) is 17.8 Å². The fourth-order valence-electron chi connectivity index (χ4n) is 2.03. The third-order valence-electron chi connectivity index (χ3n) is 2.69. The summed E-state index contributed by atoms with van der Waals surface area (Å²) in [7, 11) is 1.36. The second-order valence-electron chi connectivity index (χ2n) is 3.28. The van der Waals surface area contributed by atoms with Crippen molar-refractivity contribution in [3.63, 3.8) is 0 Å². The summed E-state index contributed by atoms with van der Waals surface area (Å²) in [6.07, 6.45) is 4.37. The van der Waals surface area contributed by atoms with Gasteiger partial charge in [0.25, 0.3) is 0 Å². The lowest BCUT2D eigenvalue weighted by atomic mass is 9.94. The lowest BCUT2D eigenvalue weighted by Crippen LogP contribution is -2.21. The highest BCUT2D eigenvalue weighted by atomic mass is 16.5. The molecule has 0 saturated heterocycles. The predicted molar refractivity (Wildman–Crippen MR) is 41.3 cm³/mol. The van der Waals surface area contributed by atoms with Crippen LogP contribution in [0.25, 0.3) is 0 Å². The minimum Gasteiger partial charge on any atom is -0.469 e. The Balaban J connectivity index is 2.19. The van der Waals surface area contributed by atoms with Crippen LogP contribution in [0.4, 0.5) is 0 Å². The number of fused-ring (bicyclic) bond motifs is 2. The van der Waals surface area contributed by atoms with E-state index in [1.807, 2.05) is 12.2 Å². The van der Waals surface area contributed by atoms with Crippen LogP contribution >= 0.6 is 0 Å². The summed E-state index contributed by atoms with van der Waals surface area (Å²) in [6.45, 7) is 0. The van der Waals surface area contributed by atoms with Crippen LogP contribution in [0.3, 0.4) is 0 Å². The molecule has 3 unspecified atom stereocenters. The molecule has 3 atom stereocenters. The standard InChI is InChI=1S/C9H10O3/c1-12-9(11)7-4-5-2-3-6(7)8(5)10/h2-3,5-7H,4H2,1H3. The molecule has 0 N–H and O–H groups in total. The van der Waals surface area contributed by atoms with Crippen molar-refractivity contribution in [2.75, 3.05) is 7.11 Å². The molecule has 0 aliphatic heterocycles. The summed E-state index contributed by atoms with van der Waals surface area (Å²) in [5, 5.41) is 0. The molecular weight excluding hydrogens is 156 g/mol. The number of carbonyl (C=O) groups is 2. The number of esters is 1. The molecule has 1 fully saturated rings. The van der Waals surface area contributed by atoms with E-state index >= 15 is 0 Å². The van der Waals surface area contributed by atoms with Crippen molar-refractivity contribution in [1.29, 1.82) is 0 Å². The Labute approximate surface area is 70.4 Å². The van der Waals surface area contributed by atoms with E-state index in [1.54, 1.807) is 0 Å². The molecule has 3 heteroatoms. The molecule has 2 rings (SSSR count). The van der Waals surface area contributed by atoms with Gasteiger partial charge < -0.3 is 4.74 Å². The number of rotatable bonds is 1. The summed E-state index contributed by atoms with van der Waals surface area (Å²) >= 11 is 0. The normalized spacial score (nSPS) is 37.4. The van der Waals surface area contributed by atoms with Crippen LogP contribution in [0.5, 0.6) is 0 Å². The van der Waals surface area contributed by atoms with Gasteiger partial charge in [-0.15, -0.1) is 0 Å². The lowest BCUT2D eigenvalue weighted by Gasteiger charge is -2.12. The van der Waals surface area contributed by atoms with Crippen molar-refractivity contribution in [1.82, 2.24) is 0 Å². The van der Waals surface area contributed by atoms with Gasteiger partial charge in [0.15, 0.2) is 0 Å². The van der Waals surface area contributed by atoms with Crippen LogP contribution in [0, 0.1) is 17.8 Å². The fourth-order valence-corrected chi connectivity index (χ4v) is 2.03. The number of hydrogen-bond acceptors (Lipinski definition) is 3. The van der Waals surface area contributed by atoms with Gasteiger partial charge in [0.1, 0.15) is 5.78 Å². The maximum Gasteiger partial charge on any atom is 0.309 e. The molecule has 0 spiro atoms. The van der Waals surface area contributed by atoms with Gasteiger partial charge in [-0.1, -0.05) is 12.2 Å². The van der Waals surface area contributed by atoms with E-state index in [-0.39, 0.29) is 29.5 Å². The van der Waals surface area contributed by atoms with E-state index in [0.717, 1.165) is 0 Å². The zero-order valence-electron chi connectivity index (χ0n) is 6.82. The predicted octanol–water partition coefficient (Wildman–Crippen LogP) is 0.551. The Morgan fingerprint density at radius 2 is 2.33 bits per heavy atom. The number of hydrogen-bond donors (Lipinski definition) is 0. The number of allylic oxidation sites excluding steroid dienone is 2. The maximum atomic E-state index is 11.3. The largest absolute Gasteiger partial charge is 0.469 e. The Morgan fingerprint density at radius 1 is 1.58 bits per heavy atom. The molecule has 3 nitrogen and oxygen atoms in total. The number of methoxy groups -OCH3 is 1. The number of ether oxygens (including phenoxy) is 1. The summed E-state index contributed by atoms with van der Waals surface area (Å²) in [6, 6.07) is 0. The molecule has 64 valence electrons. The SMILES string of the molecule is COC(=O)C1CC2C=CC1C2=O. The highest BCUT2D eigenvalue weighted by molar-refractivity contribution is 5.96. The lowest BCUT2D eigenvalue weighted by molar-refractivity contribution is -0.147. The summed E-state index contributed by atoms with van der Waals surface area (Å²) in [5.41, 5.74) is 0. The molecule has 0 amide bonds. The molecule has 0 aromatic heterocycles. The van der Waals surface area contributed by atoms with Crippen molar-refractivity contribution < 1.29 is 14.3 Å². The van der Waals surface area contributed by atoms with Crippen LogP contribution in [0.2, 0.25) is 0 Å². The monoisotopic (exact) mass is 166 g/mol. The van der Waals surface area contributed by atoms with Gasteiger partial charge in [0.05, 0.1) is 13.0 Å². The van der Waals surface area contributed by atoms with Crippen LogP contribution in [-0.4, -0.2) is 18.9 Å². The minimum atomic E-state index is -0.250. The number of carbonyl (C=O) groups excluding carboxylic acids is 2. The van der Waals surface area contributed by atoms with Crippen molar-refractivity contribution >= 4 is 11.8 Å². The van der Waals surface area contributed by atoms with Crippen molar-refractivity contribution in [2.45, 2.75) is 6.42 Å². The van der Waals surface area contributed by atoms with Gasteiger partial charge in [-0.2, -0.15) is 0 Å². The third-order valence-corrected chi connectivity index (χ3v) is 2.69. The van der Waals surface area contributed by atoms with E-state index in [0.29, 0.717) is 6.42 Å². The topological polar surface area (TPSA) is 43.4 Å². The molecule has 12 heavy (non-hydrogen) atoms. The Hall–Kier alpha value is -1.12. The van der Waals surface area contributed by atoms with Gasteiger partial charge >= 0.3 is 5.97 Å². The Bertz CT molecular complexity index is 267. The first-order valence-corrected chi connectivity index (χ1v) is 4.04. The first kappa shape index (κ1) is 7.53. The highest BCUT2D eigenvalue weighted by Crippen LogP contribution is 2.40. The van der Waals surface area contributed by atoms with Gasteiger partial charge in [-0.25, -0.2) is 0 Å². The van der Waals surface area contributed by atoms with Crippen LogP contribution in [0.15, 0.2) is 12.2 Å². The Kier molecular flexibility index (Phi) is 1.53. The van der Waals surface area contributed by atoms with E-state index in [4.69, 9.17) is 0 Å². The molecule has 0 radical (unpaired) electrons. The van der Waals surface area contributed by atoms with Gasteiger partial charge in [0, 0.05) is 11.8 Å². The van der Waals surface area contributed by atoms with Crippen LogP contribution in [0.1, 0.15) is 6.42 Å². The Morgan fingerprint density at radius 3 is 2.75 bits per heavy atom. The molecule has 0 aromatic rings. The number of ketones is 1.